The van der Waals surface area contributed by atoms with E-state index in [1.165, 1.54) is 12.8 Å². The van der Waals surface area contributed by atoms with Crippen molar-refractivity contribution in [2.24, 2.45) is 0 Å². The van der Waals surface area contributed by atoms with Crippen molar-refractivity contribution in [1.82, 2.24) is 0 Å². The first-order chi connectivity index (χ1) is 15.6. The maximum atomic E-state index is 12.7. The Labute approximate surface area is 195 Å². The standard InChI is InChI=1S/C20H28F6O6S2/c1-2-3-4-5-6-7-8-9-10-11-12-16-15-17(31-33(27,28)19(21,22)23)13-14-18(16)32-34(29,30)20(24,25)26/h13-15H,2-12H2,1H3. The van der Waals surface area contributed by atoms with E-state index in [9.17, 15) is 43.2 Å². The predicted octanol–water partition coefficient (Wildman–Crippen LogP) is 6.61. The molecule has 14 heteroatoms. The van der Waals surface area contributed by atoms with Crippen LogP contribution in [0.4, 0.5) is 26.3 Å². The molecule has 0 aliphatic rings. The lowest BCUT2D eigenvalue weighted by Crippen LogP contribution is -2.29. The van der Waals surface area contributed by atoms with Crippen LogP contribution in [-0.2, 0) is 26.7 Å². The van der Waals surface area contributed by atoms with Gasteiger partial charge in [0, 0.05) is 0 Å². The number of benzene rings is 1. The Bertz CT molecular complexity index is 972. The highest BCUT2D eigenvalue weighted by atomic mass is 32.2. The molecule has 0 spiro atoms. The van der Waals surface area contributed by atoms with E-state index in [0.29, 0.717) is 25.0 Å². The normalized spacial score (nSPS) is 13.1. The molecule has 198 valence electrons. The van der Waals surface area contributed by atoms with Crippen LogP contribution in [0.15, 0.2) is 18.2 Å². The topological polar surface area (TPSA) is 86.7 Å². The van der Waals surface area contributed by atoms with E-state index in [2.05, 4.69) is 15.3 Å². The van der Waals surface area contributed by atoms with Gasteiger partial charge >= 0.3 is 31.3 Å². The van der Waals surface area contributed by atoms with E-state index in [1.807, 2.05) is 0 Å². The van der Waals surface area contributed by atoms with Gasteiger partial charge < -0.3 is 8.37 Å². The molecule has 0 aromatic heterocycles. The summed E-state index contributed by atoms with van der Waals surface area (Å²) in [6, 6.07) is 1.92. The van der Waals surface area contributed by atoms with Crippen LogP contribution in [0.2, 0.25) is 0 Å². The third-order valence-corrected chi connectivity index (χ3v) is 6.75. The van der Waals surface area contributed by atoms with Gasteiger partial charge in [0.25, 0.3) is 0 Å². The molecule has 0 amide bonds. The van der Waals surface area contributed by atoms with Crippen LogP contribution in [0, 0.1) is 0 Å². The first-order valence-corrected chi connectivity index (χ1v) is 13.6. The Kier molecular flexibility index (Phi) is 11.5. The summed E-state index contributed by atoms with van der Waals surface area (Å²) in [7, 11) is -12.1. The molecular weight excluding hydrogens is 514 g/mol. The van der Waals surface area contributed by atoms with Gasteiger partial charge in [0.15, 0.2) is 0 Å². The van der Waals surface area contributed by atoms with Gasteiger partial charge in [0.2, 0.25) is 0 Å². The molecule has 0 aliphatic carbocycles. The second-order valence-electron chi connectivity index (χ2n) is 7.67. The fourth-order valence-electron chi connectivity index (χ4n) is 3.03. The number of halogens is 6. The number of alkyl halides is 6. The number of rotatable bonds is 15. The zero-order valence-electron chi connectivity index (χ0n) is 18.5. The Balaban J connectivity index is 2.86. The summed E-state index contributed by atoms with van der Waals surface area (Å²) in [5.74, 6) is -1.61. The number of hydrogen-bond acceptors (Lipinski definition) is 6. The van der Waals surface area contributed by atoms with Gasteiger partial charge in [-0.25, -0.2) is 0 Å². The summed E-state index contributed by atoms with van der Waals surface area (Å²) < 4.78 is 129. The van der Waals surface area contributed by atoms with Crippen molar-refractivity contribution in [3.8, 4) is 11.5 Å². The third-order valence-electron chi connectivity index (χ3n) is 4.80. The Morgan fingerprint density at radius 2 is 1.12 bits per heavy atom. The highest BCUT2D eigenvalue weighted by molar-refractivity contribution is 7.88. The van der Waals surface area contributed by atoms with Crippen molar-refractivity contribution in [2.75, 3.05) is 0 Å². The minimum atomic E-state index is -6.04. The average molecular weight is 543 g/mol. The zero-order valence-corrected chi connectivity index (χ0v) is 20.2. The molecule has 0 aliphatic heterocycles. The molecule has 0 fully saturated rings. The third kappa shape index (κ3) is 9.88. The van der Waals surface area contributed by atoms with Gasteiger partial charge in [-0.2, -0.15) is 43.2 Å². The highest BCUT2D eigenvalue weighted by Gasteiger charge is 2.49. The fraction of sp³-hybridized carbons (Fsp3) is 0.700. The average Bonchev–Trinajstić information content (AvgIpc) is 2.69. The van der Waals surface area contributed by atoms with Gasteiger partial charge in [-0.15, -0.1) is 0 Å². The maximum Gasteiger partial charge on any atom is 0.534 e. The Morgan fingerprint density at radius 3 is 1.59 bits per heavy atom. The van der Waals surface area contributed by atoms with E-state index < -0.39 is 42.8 Å². The minimum Gasteiger partial charge on any atom is -0.376 e. The van der Waals surface area contributed by atoms with E-state index in [0.717, 1.165) is 44.6 Å². The molecule has 34 heavy (non-hydrogen) atoms. The molecule has 1 aromatic carbocycles. The van der Waals surface area contributed by atoms with Crippen LogP contribution in [0.3, 0.4) is 0 Å². The number of aryl methyl sites for hydroxylation is 1. The number of unbranched alkanes of at least 4 members (excludes halogenated alkanes) is 9. The van der Waals surface area contributed by atoms with Crippen molar-refractivity contribution in [1.29, 1.82) is 0 Å². The van der Waals surface area contributed by atoms with Gasteiger partial charge in [-0.05, 0) is 36.6 Å². The molecule has 0 saturated carbocycles. The molecule has 1 aromatic rings. The van der Waals surface area contributed by atoms with Gasteiger partial charge in [-0.1, -0.05) is 64.7 Å². The predicted molar refractivity (Wildman–Crippen MR) is 113 cm³/mol. The van der Waals surface area contributed by atoms with Crippen molar-refractivity contribution in [3.05, 3.63) is 23.8 Å². The zero-order chi connectivity index (χ0) is 26.0. The van der Waals surface area contributed by atoms with Crippen molar-refractivity contribution in [3.63, 3.8) is 0 Å². The Morgan fingerprint density at radius 1 is 0.676 bits per heavy atom. The van der Waals surface area contributed by atoms with Crippen LogP contribution >= 0.6 is 0 Å². The summed E-state index contributed by atoms with van der Waals surface area (Å²) in [5, 5.41) is 0. The van der Waals surface area contributed by atoms with Gasteiger partial charge in [-0.3, -0.25) is 0 Å². The summed E-state index contributed by atoms with van der Waals surface area (Å²) >= 11 is 0. The second-order valence-corrected chi connectivity index (χ2v) is 10.7. The molecular formula is C20H28F6O6S2. The van der Waals surface area contributed by atoms with E-state index in [-0.39, 0.29) is 12.0 Å². The lowest BCUT2D eigenvalue weighted by atomic mass is 10.0. The summed E-state index contributed by atoms with van der Waals surface area (Å²) in [4.78, 5) is 0. The lowest BCUT2D eigenvalue weighted by molar-refractivity contribution is -0.0506. The van der Waals surface area contributed by atoms with E-state index in [4.69, 9.17) is 0 Å². The molecule has 0 saturated heterocycles. The molecule has 6 nitrogen and oxygen atoms in total. The molecule has 0 N–H and O–H groups in total. The summed E-state index contributed by atoms with van der Waals surface area (Å²) in [6.07, 6.45) is 9.35. The second kappa shape index (κ2) is 12.8. The van der Waals surface area contributed by atoms with Crippen LogP contribution in [0.1, 0.15) is 76.7 Å². The smallest absolute Gasteiger partial charge is 0.376 e. The summed E-state index contributed by atoms with van der Waals surface area (Å²) in [6.45, 7) is 2.12. The first kappa shape index (κ1) is 30.3. The maximum absolute atomic E-state index is 12.7. The Hall–Kier alpha value is -1.70. The lowest BCUT2D eigenvalue weighted by Gasteiger charge is -2.15. The molecule has 0 atom stereocenters. The molecule has 0 heterocycles. The summed E-state index contributed by atoms with van der Waals surface area (Å²) in [5.41, 5.74) is -11.7. The number of hydrogen-bond donors (Lipinski definition) is 0. The first-order valence-electron chi connectivity index (χ1n) is 10.7. The minimum absolute atomic E-state index is 0.0670. The van der Waals surface area contributed by atoms with Crippen LogP contribution in [-0.4, -0.2) is 27.9 Å². The molecule has 1 rings (SSSR count). The monoisotopic (exact) mass is 542 g/mol. The van der Waals surface area contributed by atoms with Crippen LogP contribution in [0.5, 0.6) is 11.5 Å². The van der Waals surface area contributed by atoms with Crippen LogP contribution < -0.4 is 8.37 Å². The SMILES string of the molecule is CCCCCCCCCCCCc1cc(OS(=O)(=O)C(F)(F)F)ccc1OS(=O)(=O)C(F)(F)F. The molecule has 0 radical (unpaired) electrons. The van der Waals surface area contributed by atoms with Gasteiger partial charge in [0.1, 0.15) is 11.5 Å². The van der Waals surface area contributed by atoms with E-state index in [1.54, 1.807) is 0 Å². The quantitative estimate of drug-likeness (QED) is 0.107. The molecule has 0 unspecified atom stereocenters. The largest absolute Gasteiger partial charge is 0.534 e. The van der Waals surface area contributed by atoms with Crippen molar-refractivity contribution in [2.45, 2.75) is 88.6 Å². The van der Waals surface area contributed by atoms with Crippen molar-refractivity contribution >= 4 is 20.2 Å². The fourth-order valence-corrected chi connectivity index (χ4v) is 3.97. The molecule has 0 bridgehead atoms. The van der Waals surface area contributed by atoms with Gasteiger partial charge in [0.05, 0.1) is 0 Å². The van der Waals surface area contributed by atoms with E-state index >= 15 is 0 Å². The van der Waals surface area contributed by atoms with Crippen LogP contribution in [0.25, 0.3) is 0 Å². The highest BCUT2D eigenvalue weighted by Crippen LogP contribution is 2.34. The van der Waals surface area contributed by atoms with Crippen molar-refractivity contribution < 1.29 is 51.5 Å².